The van der Waals surface area contributed by atoms with Crippen molar-refractivity contribution in [3.8, 4) is 28.5 Å². The van der Waals surface area contributed by atoms with Crippen LogP contribution >= 0.6 is 0 Å². The number of methoxy groups -OCH3 is 1. The van der Waals surface area contributed by atoms with Crippen molar-refractivity contribution in [2.24, 2.45) is 0 Å². The van der Waals surface area contributed by atoms with E-state index in [2.05, 4.69) is 31.1 Å². The number of benzene rings is 6. The summed E-state index contributed by atoms with van der Waals surface area (Å²) in [4.78, 5) is 76.0. The molecule has 388 valence electrons. The van der Waals surface area contributed by atoms with Crippen LogP contribution in [0.4, 0.5) is 44.0 Å². The van der Waals surface area contributed by atoms with Crippen molar-refractivity contribution < 1.29 is 33.4 Å². The van der Waals surface area contributed by atoms with Gasteiger partial charge in [0.05, 0.1) is 44.6 Å². The fourth-order valence-corrected chi connectivity index (χ4v) is 8.47. The van der Waals surface area contributed by atoms with Gasteiger partial charge < -0.3 is 55.1 Å². The minimum absolute atomic E-state index is 0.0939. The standard InChI is InChI=1S/C29H30N6O4.C28H28N6O3/c1-34(2)28(36)20-6-10-22(11-7-20)31-29(37)30-21-8-4-19(5-9-21)26-32-25-18-23(38-3)12-13-24(25)27(33-26)35-14-16-39-17-15-35;1-33(2)27(35)20-9-13-22(14-10-20)30-28(36)29-21-11-7-19(8-12-21)25-31-24-6-4-3-5-23(24)26(32-25)34-15-17-37-18-16-34/h4-13,18H,14-17H2,1-3H3,(H2,30,31,37);3-14H,15-18H2,1-2H3,(H2,29,30,36). The molecule has 4 heterocycles. The Kier molecular flexibility index (Phi) is 16.2. The molecular formula is C57H58N12O7. The van der Waals surface area contributed by atoms with E-state index in [1.165, 1.54) is 9.80 Å². The van der Waals surface area contributed by atoms with Gasteiger partial charge in [0.15, 0.2) is 11.6 Å². The number of fused-ring (bicyclic) bond motifs is 2. The molecule has 0 bridgehead atoms. The van der Waals surface area contributed by atoms with Crippen LogP contribution in [0.25, 0.3) is 44.6 Å². The summed E-state index contributed by atoms with van der Waals surface area (Å²) >= 11 is 0. The highest BCUT2D eigenvalue weighted by molar-refractivity contribution is 6.02. The number of carbonyl (C=O) groups excluding carboxylic acids is 4. The molecule has 6 aromatic carbocycles. The van der Waals surface area contributed by atoms with Crippen LogP contribution in [0.5, 0.6) is 5.75 Å². The number of amides is 6. The number of hydrogen-bond donors (Lipinski definition) is 4. The molecule has 2 aliphatic rings. The van der Waals surface area contributed by atoms with E-state index in [9.17, 15) is 19.2 Å². The Balaban J connectivity index is 0.000000186. The lowest BCUT2D eigenvalue weighted by Gasteiger charge is -2.29. The molecule has 0 radical (unpaired) electrons. The summed E-state index contributed by atoms with van der Waals surface area (Å²) in [6.07, 6.45) is 0. The van der Waals surface area contributed by atoms with Crippen LogP contribution in [0.3, 0.4) is 0 Å². The normalized spacial score (nSPS) is 13.2. The van der Waals surface area contributed by atoms with Crippen molar-refractivity contribution in [2.75, 3.05) is 119 Å². The van der Waals surface area contributed by atoms with E-state index in [0.717, 1.165) is 76.5 Å². The van der Waals surface area contributed by atoms with Gasteiger partial charge in [-0.05, 0) is 121 Å². The average molecular weight is 1020 g/mol. The van der Waals surface area contributed by atoms with Gasteiger partial charge in [-0.3, -0.25) is 9.59 Å². The van der Waals surface area contributed by atoms with Gasteiger partial charge in [-0.2, -0.15) is 0 Å². The van der Waals surface area contributed by atoms with E-state index >= 15 is 0 Å². The Labute approximate surface area is 439 Å². The zero-order chi connectivity index (χ0) is 53.1. The van der Waals surface area contributed by atoms with Crippen LogP contribution in [0, 0.1) is 0 Å². The molecule has 0 spiro atoms. The SMILES string of the molecule is CN(C)C(=O)c1ccc(NC(=O)Nc2ccc(-c3nc(N4CCOCC4)c4ccccc4n3)cc2)cc1.COc1ccc2c(N3CCOCC3)nc(-c3ccc(NC(=O)Nc4ccc(C(=O)N(C)C)cc4)cc3)nc2c1. The van der Waals surface area contributed by atoms with E-state index < -0.39 is 6.03 Å². The van der Waals surface area contributed by atoms with E-state index in [1.807, 2.05) is 78.9 Å². The maximum absolute atomic E-state index is 12.5. The predicted molar refractivity (Wildman–Crippen MR) is 297 cm³/mol. The van der Waals surface area contributed by atoms with Crippen molar-refractivity contribution >= 4 is 80.1 Å². The van der Waals surface area contributed by atoms with E-state index in [-0.39, 0.29) is 17.8 Å². The van der Waals surface area contributed by atoms with E-state index in [0.29, 0.717) is 72.0 Å². The number of ether oxygens (including phenoxy) is 3. The van der Waals surface area contributed by atoms with Gasteiger partial charge in [-0.15, -0.1) is 0 Å². The first-order valence-corrected chi connectivity index (χ1v) is 24.7. The Morgan fingerprint density at radius 1 is 0.474 bits per heavy atom. The summed E-state index contributed by atoms with van der Waals surface area (Å²) in [5.41, 5.74) is 6.87. The lowest BCUT2D eigenvalue weighted by atomic mass is 10.1. The molecule has 0 aliphatic carbocycles. The minimum Gasteiger partial charge on any atom is -0.497 e. The molecule has 19 heteroatoms. The first-order valence-electron chi connectivity index (χ1n) is 24.7. The average Bonchev–Trinajstić information content (AvgIpc) is 3.46. The van der Waals surface area contributed by atoms with Gasteiger partial charge in [-0.25, -0.2) is 29.5 Å². The molecule has 10 rings (SSSR count). The quantitative estimate of drug-likeness (QED) is 0.0955. The van der Waals surface area contributed by atoms with Gasteiger partial charge >= 0.3 is 12.1 Å². The van der Waals surface area contributed by atoms with Crippen LogP contribution in [-0.4, -0.2) is 142 Å². The highest BCUT2D eigenvalue weighted by atomic mass is 16.5. The first kappa shape index (κ1) is 51.7. The molecule has 6 amide bonds. The predicted octanol–water partition coefficient (Wildman–Crippen LogP) is 8.97. The Morgan fingerprint density at radius 3 is 1.26 bits per heavy atom. The number of urea groups is 2. The largest absolute Gasteiger partial charge is 0.497 e. The summed E-state index contributed by atoms with van der Waals surface area (Å²) in [7, 11) is 8.42. The first-order chi connectivity index (χ1) is 36.9. The number of nitrogens with one attached hydrogen (secondary N) is 4. The maximum Gasteiger partial charge on any atom is 0.323 e. The van der Waals surface area contributed by atoms with E-state index in [1.54, 1.807) is 96.0 Å². The van der Waals surface area contributed by atoms with Crippen molar-refractivity contribution in [3.63, 3.8) is 0 Å². The monoisotopic (exact) mass is 1020 g/mol. The molecule has 4 N–H and O–H groups in total. The number of carbonyl (C=O) groups is 4. The lowest BCUT2D eigenvalue weighted by molar-refractivity contribution is 0.0820. The number of hydrogen-bond acceptors (Lipinski definition) is 13. The number of aromatic nitrogens is 4. The Hall–Kier alpha value is -9.20. The molecule has 2 aromatic heterocycles. The molecule has 0 atom stereocenters. The summed E-state index contributed by atoms with van der Waals surface area (Å²) in [6.45, 7) is 5.73. The van der Waals surface area contributed by atoms with Crippen molar-refractivity contribution in [1.82, 2.24) is 29.7 Å². The van der Waals surface area contributed by atoms with Crippen molar-refractivity contribution in [3.05, 3.63) is 151 Å². The van der Waals surface area contributed by atoms with Gasteiger partial charge in [0, 0.05) is 116 Å². The second kappa shape index (κ2) is 23.8. The van der Waals surface area contributed by atoms with Crippen LogP contribution in [0.15, 0.2) is 140 Å². The Morgan fingerprint density at radius 2 is 0.855 bits per heavy atom. The van der Waals surface area contributed by atoms with Gasteiger partial charge in [-0.1, -0.05) is 12.1 Å². The van der Waals surface area contributed by atoms with Crippen LogP contribution < -0.4 is 35.8 Å². The number of anilines is 6. The Bertz CT molecular complexity index is 3350. The second-order valence-electron chi connectivity index (χ2n) is 18.2. The van der Waals surface area contributed by atoms with Crippen molar-refractivity contribution in [2.45, 2.75) is 0 Å². The molecule has 2 fully saturated rings. The van der Waals surface area contributed by atoms with Gasteiger partial charge in [0.2, 0.25) is 0 Å². The molecular weight excluding hydrogens is 965 g/mol. The lowest BCUT2D eigenvalue weighted by Crippen LogP contribution is -2.37. The third-order valence-corrected chi connectivity index (χ3v) is 12.5. The number of nitrogens with zero attached hydrogens (tertiary/aromatic N) is 8. The highest BCUT2D eigenvalue weighted by Crippen LogP contribution is 2.32. The molecule has 2 saturated heterocycles. The number of para-hydroxylation sites is 1. The van der Waals surface area contributed by atoms with Crippen LogP contribution in [-0.2, 0) is 9.47 Å². The zero-order valence-corrected chi connectivity index (χ0v) is 42.9. The molecule has 0 saturated carbocycles. The molecule has 8 aromatic rings. The summed E-state index contributed by atoms with van der Waals surface area (Å²) in [5.74, 6) is 3.51. The maximum atomic E-state index is 12.5. The number of rotatable bonds is 11. The molecule has 0 unspecified atom stereocenters. The van der Waals surface area contributed by atoms with Crippen LogP contribution in [0.2, 0.25) is 0 Å². The summed E-state index contributed by atoms with van der Waals surface area (Å²) in [5, 5.41) is 13.2. The molecule has 19 nitrogen and oxygen atoms in total. The van der Waals surface area contributed by atoms with E-state index in [4.69, 9.17) is 34.1 Å². The molecule has 76 heavy (non-hydrogen) atoms. The third-order valence-electron chi connectivity index (χ3n) is 12.5. The topological polar surface area (TPSA) is 209 Å². The highest BCUT2D eigenvalue weighted by Gasteiger charge is 2.21. The second-order valence-corrected chi connectivity index (χ2v) is 18.2. The fourth-order valence-electron chi connectivity index (χ4n) is 8.47. The van der Waals surface area contributed by atoms with Gasteiger partial charge in [0.25, 0.3) is 11.8 Å². The smallest absolute Gasteiger partial charge is 0.323 e. The van der Waals surface area contributed by atoms with Gasteiger partial charge in [0.1, 0.15) is 17.4 Å². The van der Waals surface area contributed by atoms with Crippen molar-refractivity contribution in [1.29, 1.82) is 0 Å². The third kappa shape index (κ3) is 12.6. The minimum atomic E-state index is -0.391. The number of morpholine rings is 2. The molecule has 2 aliphatic heterocycles. The summed E-state index contributed by atoms with van der Waals surface area (Å²) in [6, 6.07) is 41.3. The fraction of sp³-hybridized carbons (Fsp3) is 0.228. The zero-order valence-electron chi connectivity index (χ0n) is 42.9. The summed E-state index contributed by atoms with van der Waals surface area (Å²) < 4.78 is 16.5. The van der Waals surface area contributed by atoms with Crippen LogP contribution in [0.1, 0.15) is 20.7 Å².